The fourth-order valence-electron chi connectivity index (χ4n) is 3.81. The molecule has 3 rings (SSSR count). The van der Waals surface area contributed by atoms with E-state index in [0.29, 0.717) is 6.54 Å². The minimum Gasteiger partial charge on any atom is -0.469 e. The number of aromatic amines is 1. The molecule has 2 aromatic rings. The number of H-pyrrole nitrogens is 1. The second-order valence-corrected chi connectivity index (χ2v) is 7.05. The third-order valence-corrected chi connectivity index (χ3v) is 5.31. The van der Waals surface area contributed by atoms with E-state index < -0.39 is 0 Å². The van der Waals surface area contributed by atoms with Crippen LogP contribution >= 0.6 is 0 Å². The Morgan fingerprint density at radius 1 is 1.42 bits per heavy atom. The Labute approximate surface area is 154 Å². The lowest BCUT2D eigenvalue weighted by atomic mass is 9.99. The van der Waals surface area contributed by atoms with Crippen LogP contribution in [-0.4, -0.2) is 55.6 Å². The molecular weight excluding hydrogens is 328 g/mol. The molecule has 1 aromatic carbocycles. The summed E-state index contributed by atoms with van der Waals surface area (Å²) in [5.41, 5.74) is 3.77. The first-order valence-electron chi connectivity index (χ1n) is 9.14. The highest BCUT2D eigenvalue weighted by Gasteiger charge is 2.36. The quantitative estimate of drug-likeness (QED) is 0.501. The summed E-state index contributed by atoms with van der Waals surface area (Å²) in [6, 6.07) is 6.38. The molecule has 2 unspecified atom stereocenters. The van der Waals surface area contributed by atoms with Gasteiger partial charge in [0.15, 0.2) is 5.96 Å². The van der Waals surface area contributed by atoms with E-state index in [0.717, 1.165) is 25.5 Å². The van der Waals surface area contributed by atoms with Crippen molar-refractivity contribution in [2.75, 3.05) is 33.8 Å². The summed E-state index contributed by atoms with van der Waals surface area (Å²) in [4.78, 5) is 21.8. The van der Waals surface area contributed by atoms with Crippen molar-refractivity contribution in [1.29, 1.82) is 0 Å². The number of methoxy groups -OCH3 is 1. The number of fused-ring (bicyclic) bond motifs is 1. The highest BCUT2D eigenvalue weighted by atomic mass is 16.5. The predicted octanol–water partition coefficient (Wildman–Crippen LogP) is 2.34. The van der Waals surface area contributed by atoms with Crippen LogP contribution in [0, 0.1) is 18.8 Å². The molecule has 1 aromatic heterocycles. The van der Waals surface area contributed by atoms with E-state index in [-0.39, 0.29) is 17.8 Å². The van der Waals surface area contributed by atoms with Gasteiger partial charge in [-0.15, -0.1) is 0 Å². The number of nitrogens with one attached hydrogen (secondary N) is 2. The summed E-state index contributed by atoms with van der Waals surface area (Å²) in [6.45, 7) is 6.46. The van der Waals surface area contributed by atoms with Crippen molar-refractivity contribution in [3.63, 3.8) is 0 Å². The Hall–Kier alpha value is -2.50. The molecule has 1 aliphatic heterocycles. The van der Waals surface area contributed by atoms with Crippen LogP contribution < -0.4 is 5.32 Å². The van der Waals surface area contributed by atoms with Gasteiger partial charge in [-0.1, -0.05) is 25.1 Å². The molecule has 6 heteroatoms. The first-order valence-corrected chi connectivity index (χ1v) is 9.14. The molecule has 0 saturated carbocycles. The molecule has 2 N–H and O–H groups in total. The van der Waals surface area contributed by atoms with Crippen LogP contribution in [0.5, 0.6) is 0 Å². The summed E-state index contributed by atoms with van der Waals surface area (Å²) in [5, 5.41) is 4.72. The molecule has 2 heterocycles. The molecule has 6 nitrogen and oxygen atoms in total. The van der Waals surface area contributed by atoms with E-state index in [4.69, 9.17) is 4.74 Å². The van der Waals surface area contributed by atoms with Gasteiger partial charge in [0.1, 0.15) is 0 Å². The summed E-state index contributed by atoms with van der Waals surface area (Å²) < 4.78 is 4.92. The monoisotopic (exact) mass is 356 g/mol. The zero-order chi connectivity index (χ0) is 18.7. The number of ether oxygens (including phenoxy) is 1. The maximum absolute atomic E-state index is 11.9. The van der Waals surface area contributed by atoms with Crippen LogP contribution in [0.2, 0.25) is 0 Å². The third kappa shape index (κ3) is 3.54. The lowest BCUT2D eigenvalue weighted by Crippen LogP contribution is -2.41. The molecule has 2 atom stereocenters. The molecule has 0 radical (unpaired) electrons. The van der Waals surface area contributed by atoms with Crippen LogP contribution in [0.1, 0.15) is 18.1 Å². The number of esters is 1. The lowest BCUT2D eigenvalue weighted by Gasteiger charge is -2.21. The van der Waals surface area contributed by atoms with Gasteiger partial charge in [-0.2, -0.15) is 0 Å². The van der Waals surface area contributed by atoms with Crippen LogP contribution in [0.15, 0.2) is 29.4 Å². The number of aliphatic imine (C=N–C) groups is 1. The van der Waals surface area contributed by atoms with Gasteiger partial charge in [0.2, 0.25) is 0 Å². The van der Waals surface area contributed by atoms with Crippen molar-refractivity contribution >= 4 is 22.8 Å². The van der Waals surface area contributed by atoms with Crippen LogP contribution in [0.25, 0.3) is 10.9 Å². The molecule has 0 bridgehead atoms. The zero-order valence-corrected chi connectivity index (χ0v) is 16.0. The van der Waals surface area contributed by atoms with Crippen LogP contribution in [0.4, 0.5) is 0 Å². The van der Waals surface area contributed by atoms with Crippen molar-refractivity contribution in [1.82, 2.24) is 15.2 Å². The minimum atomic E-state index is -0.135. The maximum Gasteiger partial charge on any atom is 0.310 e. The third-order valence-electron chi connectivity index (χ3n) is 5.31. The standard InChI is InChI=1S/C20H28N4O2/c1-13-6-5-7-16-15(10-23-18(13)16)8-9-22-20(21-3)24-11-14(2)17(12-24)19(25)26-4/h5-7,10,14,17,23H,8-9,11-12H2,1-4H3,(H,21,22). The maximum atomic E-state index is 11.9. The Balaban J connectivity index is 1.60. The lowest BCUT2D eigenvalue weighted by molar-refractivity contribution is -0.145. The van der Waals surface area contributed by atoms with Gasteiger partial charge < -0.3 is 19.9 Å². The van der Waals surface area contributed by atoms with Crippen molar-refractivity contribution < 1.29 is 9.53 Å². The number of guanidine groups is 1. The number of para-hydroxylation sites is 1. The Kier molecular flexibility index (Phi) is 5.49. The molecule has 1 aliphatic rings. The van der Waals surface area contributed by atoms with Gasteiger partial charge in [0.05, 0.1) is 13.0 Å². The van der Waals surface area contributed by atoms with Gasteiger partial charge in [-0.05, 0) is 30.4 Å². The Bertz CT molecular complexity index is 811. The van der Waals surface area contributed by atoms with Crippen LogP contribution in [0.3, 0.4) is 0 Å². The van der Waals surface area contributed by atoms with Crippen LogP contribution in [-0.2, 0) is 16.0 Å². The van der Waals surface area contributed by atoms with Gasteiger partial charge in [0, 0.05) is 43.8 Å². The first-order chi connectivity index (χ1) is 12.5. The number of benzene rings is 1. The van der Waals surface area contributed by atoms with E-state index in [2.05, 4.69) is 58.4 Å². The van der Waals surface area contributed by atoms with Gasteiger partial charge >= 0.3 is 5.97 Å². The fourth-order valence-corrected chi connectivity index (χ4v) is 3.81. The van der Waals surface area contributed by atoms with Gasteiger partial charge in [-0.25, -0.2) is 0 Å². The second-order valence-electron chi connectivity index (χ2n) is 7.05. The van der Waals surface area contributed by atoms with Gasteiger partial charge in [-0.3, -0.25) is 9.79 Å². The van der Waals surface area contributed by atoms with Crippen molar-refractivity contribution in [3.8, 4) is 0 Å². The smallest absolute Gasteiger partial charge is 0.310 e. The molecular formula is C20H28N4O2. The van der Waals surface area contributed by atoms with E-state index in [1.165, 1.54) is 29.1 Å². The van der Waals surface area contributed by atoms with E-state index in [1.54, 1.807) is 7.05 Å². The molecule has 1 fully saturated rings. The summed E-state index contributed by atoms with van der Waals surface area (Å²) >= 11 is 0. The second kappa shape index (κ2) is 7.81. The number of likely N-dealkylation sites (tertiary alicyclic amines) is 1. The normalized spacial score (nSPS) is 20.6. The SMILES string of the molecule is CN=C(NCCc1c[nH]c2c(C)cccc12)N1CC(C)C(C(=O)OC)C1. The molecule has 0 amide bonds. The number of hydrogen-bond donors (Lipinski definition) is 2. The number of carbonyl (C=O) groups excluding carboxylic acids is 1. The van der Waals surface area contributed by atoms with Crippen molar-refractivity contribution in [3.05, 3.63) is 35.5 Å². The van der Waals surface area contributed by atoms with E-state index >= 15 is 0 Å². The average molecular weight is 356 g/mol. The molecule has 0 aliphatic carbocycles. The zero-order valence-electron chi connectivity index (χ0n) is 16.0. The number of aromatic nitrogens is 1. The Morgan fingerprint density at radius 2 is 2.23 bits per heavy atom. The number of hydrogen-bond acceptors (Lipinski definition) is 3. The predicted molar refractivity (Wildman–Crippen MR) is 104 cm³/mol. The number of rotatable bonds is 4. The number of nitrogens with zero attached hydrogens (tertiary/aromatic N) is 2. The first kappa shape index (κ1) is 18.3. The summed E-state index contributed by atoms with van der Waals surface area (Å²) in [7, 11) is 3.24. The number of aryl methyl sites for hydroxylation is 1. The highest BCUT2D eigenvalue weighted by molar-refractivity contribution is 5.86. The molecule has 140 valence electrons. The average Bonchev–Trinajstić information content (AvgIpc) is 3.23. The molecule has 0 spiro atoms. The topological polar surface area (TPSA) is 69.7 Å². The minimum absolute atomic E-state index is 0.0878. The summed E-state index contributed by atoms with van der Waals surface area (Å²) in [5.74, 6) is 0.886. The van der Waals surface area contributed by atoms with Crippen molar-refractivity contribution in [2.24, 2.45) is 16.8 Å². The molecule has 1 saturated heterocycles. The van der Waals surface area contributed by atoms with E-state index in [9.17, 15) is 4.79 Å². The van der Waals surface area contributed by atoms with Gasteiger partial charge in [0.25, 0.3) is 0 Å². The Morgan fingerprint density at radius 3 is 2.96 bits per heavy atom. The van der Waals surface area contributed by atoms with Crippen molar-refractivity contribution in [2.45, 2.75) is 20.3 Å². The molecule has 26 heavy (non-hydrogen) atoms. The summed E-state index contributed by atoms with van der Waals surface area (Å²) in [6.07, 6.45) is 3.00. The van der Waals surface area contributed by atoms with E-state index in [1.807, 2.05) is 0 Å². The fraction of sp³-hybridized carbons (Fsp3) is 0.500. The number of carbonyl (C=O) groups is 1. The highest BCUT2D eigenvalue weighted by Crippen LogP contribution is 2.24. The largest absolute Gasteiger partial charge is 0.469 e.